The van der Waals surface area contributed by atoms with E-state index in [-0.39, 0.29) is 0 Å². The SMILES string of the molecule is CCCCCCCC(C)NCc1c(C)noc1C. The standard InChI is InChI=1S/C15H28N2O/c1-5-6-7-8-9-10-12(2)16-11-15-13(3)17-18-14(15)4/h12,16H,5-11H2,1-4H3. The molecule has 0 saturated heterocycles. The average molecular weight is 252 g/mol. The number of aromatic nitrogens is 1. The Balaban J connectivity index is 2.15. The van der Waals surface area contributed by atoms with Gasteiger partial charge >= 0.3 is 0 Å². The first-order chi connectivity index (χ1) is 8.65. The molecule has 18 heavy (non-hydrogen) atoms. The molecule has 1 rings (SSSR count). The van der Waals surface area contributed by atoms with Crippen LogP contribution < -0.4 is 5.32 Å². The summed E-state index contributed by atoms with van der Waals surface area (Å²) in [6.07, 6.45) is 8.03. The van der Waals surface area contributed by atoms with Gasteiger partial charge in [0, 0.05) is 18.2 Å². The van der Waals surface area contributed by atoms with Gasteiger partial charge in [-0.3, -0.25) is 0 Å². The van der Waals surface area contributed by atoms with Crippen molar-refractivity contribution in [1.29, 1.82) is 0 Å². The minimum Gasteiger partial charge on any atom is -0.361 e. The maximum absolute atomic E-state index is 5.16. The van der Waals surface area contributed by atoms with Crippen LogP contribution in [0.5, 0.6) is 0 Å². The van der Waals surface area contributed by atoms with Gasteiger partial charge in [-0.05, 0) is 27.2 Å². The van der Waals surface area contributed by atoms with Crippen LogP contribution in [0.3, 0.4) is 0 Å². The molecule has 0 amide bonds. The lowest BCUT2D eigenvalue weighted by atomic mass is 10.1. The average Bonchev–Trinajstić information content (AvgIpc) is 2.66. The Bertz CT molecular complexity index is 314. The van der Waals surface area contributed by atoms with Gasteiger partial charge in [-0.25, -0.2) is 0 Å². The van der Waals surface area contributed by atoms with Gasteiger partial charge in [0.2, 0.25) is 0 Å². The summed E-state index contributed by atoms with van der Waals surface area (Å²) in [4.78, 5) is 0. The molecule has 3 heteroatoms. The van der Waals surface area contributed by atoms with E-state index in [0.29, 0.717) is 6.04 Å². The first kappa shape index (κ1) is 15.2. The number of nitrogens with zero attached hydrogens (tertiary/aromatic N) is 1. The van der Waals surface area contributed by atoms with Crippen molar-refractivity contribution in [2.45, 2.75) is 78.8 Å². The van der Waals surface area contributed by atoms with Crippen LogP contribution in [-0.4, -0.2) is 11.2 Å². The van der Waals surface area contributed by atoms with E-state index in [1.165, 1.54) is 44.1 Å². The highest BCUT2D eigenvalue weighted by atomic mass is 16.5. The van der Waals surface area contributed by atoms with Gasteiger partial charge in [0.15, 0.2) is 0 Å². The Hall–Kier alpha value is -0.830. The number of hydrogen-bond acceptors (Lipinski definition) is 3. The molecule has 1 heterocycles. The van der Waals surface area contributed by atoms with Crippen molar-refractivity contribution >= 4 is 0 Å². The van der Waals surface area contributed by atoms with Gasteiger partial charge in [0.1, 0.15) is 5.76 Å². The Morgan fingerprint density at radius 2 is 1.89 bits per heavy atom. The summed E-state index contributed by atoms with van der Waals surface area (Å²) in [5.41, 5.74) is 2.22. The van der Waals surface area contributed by atoms with E-state index in [2.05, 4.69) is 24.3 Å². The Morgan fingerprint density at radius 1 is 1.17 bits per heavy atom. The molecule has 0 aliphatic carbocycles. The van der Waals surface area contributed by atoms with E-state index in [0.717, 1.165) is 18.0 Å². The lowest BCUT2D eigenvalue weighted by Gasteiger charge is -2.13. The molecule has 0 bridgehead atoms. The number of nitrogens with one attached hydrogen (secondary N) is 1. The molecule has 0 aliphatic rings. The van der Waals surface area contributed by atoms with Gasteiger partial charge in [-0.2, -0.15) is 0 Å². The van der Waals surface area contributed by atoms with E-state index < -0.39 is 0 Å². The van der Waals surface area contributed by atoms with Gasteiger partial charge in [0.25, 0.3) is 0 Å². The maximum atomic E-state index is 5.16. The topological polar surface area (TPSA) is 38.1 Å². The molecular weight excluding hydrogens is 224 g/mol. The minimum atomic E-state index is 0.570. The second-order valence-electron chi connectivity index (χ2n) is 5.29. The highest BCUT2D eigenvalue weighted by molar-refractivity contribution is 5.20. The van der Waals surface area contributed by atoms with Crippen molar-refractivity contribution in [3.05, 3.63) is 17.0 Å². The van der Waals surface area contributed by atoms with Gasteiger partial charge in [0.05, 0.1) is 5.69 Å². The monoisotopic (exact) mass is 252 g/mol. The fraction of sp³-hybridized carbons (Fsp3) is 0.800. The Kier molecular flexibility index (Phi) is 7.02. The van der Waals surface area contributed by atoms with E-state index >= 15 is 0 Å². The third-order valence-corrected chi connectivity index (χ3v) is 3.55. The van der Waals surface area contributed by atoms with Crippen LogP contribution in [0.1, 0.15) is 69.4 Å². The van der Waals surface area contributed by atoms with Crippen LogP contribution in [0.25, 0.3) is 0 Å². The second kappa shape index (κ2) is 8.30. The summed E-state index contributed by atoms with van der Waals surface area (Å²) in [7, 11) is 0. The van der Waals surface area contributed by atoms with E-state index in [1.54, 1.807) is 0 Å². The van der Waals surface area contributed by atoms with Crippen LogP contribution in [0.2, 0.25) is 0 Å². The van der Waals surface area contributed by atoms with Crippen LogP contribution in [-0.2, 0) is 6.54 Å². The zero-order valence-corrected chi connectivity index (χ0v) is 12.4. The van der Waals surface area contributed by atoms with Crippen LogP contribution >= 0.6 is 0 Å². The highest BCUT2D eigenvalue weighted by Crippen LogP contribution is 2.13. The molecule has 0 spiro atoms. The molecule has 0 aliphatic heterocycles. The maximum Gasteiger partial charge on any atom is 0.138 e. The normalized spacial score (nSPS) is 12.9. The third-order valence-electron chi connectivity index (χ3n) is 3.55. The van der Waals surface area contributed by atoms with Crippen molar-refractivity contribution in [2.75, 3.05) is 0 Å². The van der Waals surface area contributed by atoms with E-state index in [9.17, 15) is 0 Å². The Labute approximate surface area is 111 Å². The van der Waals surface area contributed by atoms with Crippen molar-refractivity contribution in [3.8, 4) is 0 Å². The van der Waals surface area contributed by atoms with Crippen molar-refractivity contribution in [1.82, 2.24) is 10.5 Å². The molecule has 0 fully saturated rings. The molecule has 0 aromatic carbocycles. The van der Waals surface area contributed by atoms with Crippen molar-refractivity contribution < 1.29 is 4.52 Å². The van der Waals surface area contributed by atoms with Crippen molar-refractivity contribution in [2.24, 2.45) is 0 Å². The summed E-state index contributed by atoms with van der Waals surface area (Å²) < 4.78 is 5.16. The summed E-state index contributed by atoms with van der Waals surface area (Å²) in [5, 5.41) is 7.53. The molecule has 0 radical (unpaired) electrons. The van der Waals surface area contributed by atoms with Crippen molar-refractivity contribution in [3.63, 3.8) is 0 Å². The fourth-order valence-electron chi connectivity index (χ4n) is 2.19. The van der Waals surface area contributed by atoms with Gasteiger partial charge in [-0.15, -0.1) is 0 Å². The van der Waals surface area contributed by atoms with Gasteiger partial charge in [-0.1, -0.05) is 44.2 Å². The zero-order valence-electron chi connectivity index (χ0n) is 12.4. The van der Waals surface area contributed by atoms with Crippen LogP contribution in [0, 0.1) is 13.8 Å². The summed E-state index contributed by atoms with van der Waals surface area (Å²) in [5.74, 6) is 0.940. The molecule has 1 atom stereocenters. The first-order valence-corrected chi connectivity index (χ1v) is 7.30. The second-order valence-corrected chi connectivity index (χ2v) is 5.29. The molecule has 3 nitrogen and oxygen atoms in total. The van der Waals surface area contributed by atoms with Crippen LogP contribution in [0.4, 0.5) is 0 Å². The van der Waals surface area contributed by atoms with Gasteiger partial charge < -0.3 is 9.84 Å². The summed E-state index contributed by atoms with van der Waals surface area (Å²) in [6.45, 7) is 9.37. The van der Waals surface area contributed by atoms with E-state index in [4.69, 9.17) is 4.52 Å². The molecule has 0 saturated carbocycles. The minimum absolute atomic E-state index is 0.570. The zero-order chi connectivity index (χ0) is 13.4. The highest BCUT2D eigenvalue weighted by Gasteiger charge is 2.09. The lowest BCUT2D eigenvalue weighted by Crippen LogP contribution is -2.25. The molecule has 1 unspecified atom stereocenters. The molecule has 1 N–H and O–H groups in total. The molecule has 1 aromatic heterocycles. The lowest BCUT2D eigenvalue weighted by molar-refractivity contribution is 0.391. The number of aryl methyl sites for hydroxylation is 2. The van der Waals surface area contributed by atoms with E-state index in [1.807, 2.05) is 13.8 Å². The summed E-state index contributed by atoms with van der Waals surface area (Å²) in [6, 6.07) is 0.570. The predicted molar refractivity (Wildman–Crippen MR) is 75.7 cm³/mol. The number of unbranched alkanes of at least 4 members (excludes halogenated alkanes) is 4. The fourth-order valence-corrected chi connectivity index (χ4v) is 2.19. The molecule has 1 aromatic rings. The van der Waals surface area contributed by atoms with Crippen LogP contribution in [0.15, 0.2) is 4.52 Å². The third kappa shape index (κ3) is 5.21. The quantitative estimate of drug-likeness (QED) is 0.671. The summed E-state index contributed by atoms with van der Waals surface area (Å²) >= 11 is 0. The molecular formula is C15H28N2O. The number of hydrogen-bond donors (Lipinski definition) is 1. The first-order valence-electron chi connectivity index (χ1n) is 7.30. The molecule has 104 valence electrons. The number of rotatable bonds is 9. The smallest absolute Gasteiger partial charge is 0.138 e. The largest absolute Gasteiger partial charge is 0.361 e. The predicted octanol–water partition coefficient (Wildman–Crippen LogP) is 4.13. The Morgan fingerprint density at radius 3 is 2.50 bits per heavy atom.